The van der Waals surface area contributed by atoms with Crippen molar-refractivity contribution in [2.75, 3.05) is 20.6 Å². The highest BCUT2D eigenvalue weighted by atomic mass is 16.3. The largest absolute Gasteiger partial charge is 0.392 e. The molecule has 3 heterocycles. The van der Waals surface area contributed by atoms with Crippen LogP contribution >= 0.6 is 0 Å². The third-order valence-electron chi connectivity index (χ3n) is 3.99. The molecule has 3 aromatic rings. The van der Waals surface area contributed by atoms with E-state index in [1.807, 2.05) is 66.1 Å². The van der Waals surface area contributed by atoms with E-state index < -0.39 is 0 Å². The molecule has 0 saturated heterocycles. The number of nitrogens with zero attached hydrogens (tertiary/aromatic N) is 3. The summed E-state index contributed by atoms with van der Waals surface area (Å²) in [6, 6.07) is 11.4. The van der Waals surface area contributed by atoms with Crippen LogP contribution in [0.25, 0.3) is 16.8 Å². The predicted molar refractivity (Wildman–Crippen MR) is 91.6 cm³/mol. The molecule has 1 N–H and O–H groups in total. The first-order chi connectivity index (χ1) is 11.1. The van der Waals surface area contributed by atoms with Crippen molar-refractivity contribution in [2.24, 2.45) is 0 Å². The van der Waals surface area contributed by atoms with Crippen molar-refractivity contribution in [1.29, 1.82) is 0 Å². The second-order valence-electron chi connectivity index (χ2n) is 5.92. The Morgan fingerprint density at radius 3 is 2.65 bits per heavy atom. The van der Waals surface area contributed by atoms with Gasteiger partial charge in [0, 0.05) is 48.2 Å². The van der Waals surface area contributed by atoms with Crippen molar-refractivity contribution >= 4 is 5.52 Å². The molecule has 0 aliphatic heterocycles. The smallest absolute Gasteiger partial charge is 0.251 e. The number of hydrogen-bond acceptors (Lipinski definition) is 3. The number of hydrogen-bond donors (Lipinski definition) is 1. The van der Waals surface area contributed by atoms with Crippen LogP contribution in [0.3, 0.4) is 0 Å². The van der Waals surface area contributed by atoms with E-state index in [4.69, 9.17) is 0 Å². The molecule has 0 aromatic carbocycles. The van der Waals surface area contributed by atoms with Crippen LogP contribution in [0, 0.1) is 0 Å². The van der Waals surface area contributed by atoms with Gasteiger partial charge in [0.1, 0.15) is 0 Å². The van der Waals surface area contributed by atoms with E-state index in [0.717, 1.165) is 28.9 Å². The first kappa shape index (κ1) is 15.5. The lowest BCUT2D eigenvalue weighted by Gasteiger charge is -2.12. The summed E-state index contributed by atoms with van der Waals surface area (Å²) in [4.78, 5) is 14.4. The number of aliphatic hydroxyl groups excluding tert-OH is 1. The molecule has 0 saturated carbocycles. The van der Waals surface area contributed by atoms with Gasteiger partial charge < -0.3 is 19.0 Å². The van der Waals surface area contributed by atoms with Crippen molar-refractivity contribution in [3.63, 3.8) is 0 Å². The van der Waals surface area contributed by atoms with Crippen LogP contribution in [0.15, 0.2) is 53.6 Å². The monoisotopic (exact) mass is 311 g/mol. The molecule has 0 fully saturated rings. The average Bonchev–Trinajstić information content (AvgIpc) is 2.92. The lowest BCUT2D eigenvalue weighted by molar-refractivity contribution is 0.282. The molecule has 120 valence electrons. The second-order valence-corrected chi connectivity index (χ2v) is 5.92. The van der Waals surface area contributed by atoms with Gasteiger partial charge in [-0.15, -0.1) is 0 Å². The van der Waals surface area contributed by atoms with Crippen molar-refractivity contribution in [3.05, 3.63) is 64.7 Å². The van der Waals surface area contributed by atoms with Gasteiger partial charge in [-0.05, 0) is 38.4 Å². The summed E-state index contributed by atoms with van der Waals surface area (Å²) in [5, 5.41) is 9.65. The minimum atomic E-state index is -0.0548. The summed E-state index contributed by atoms with van der Waals surface area (Å²) in [6.45, 7) is 1.42. The molecule has 0 aliphatic rings. The molecule has 23 heavy (non-hydrogen) atoms. The van der Waals surface area contributed by atoms with E-state index in [2.05, 4.69) is 0 Å². The Bertz CT molecular complexity index is 877. The van der Waals surface area contributed by atoms with Gasteiger partial charge in [0.2, 0.25) is 0 Å². The van der Waals surface area contributed by atoms with Gasteiger partial charge >= 0.3 is 0 Å². The third kappa shape index (κ3) is 3.06. The topological polar surface area (TPSA) is 49.9 Å². The summed E-state index contributed by atoms with van der Waals surface area (Å²) in [7, 11) is 3.97. The van der Waals surface area contributed by atoms with Crippen LogP contribution in [0.1, 0.15) is 5.56 Å². The highest BCUT2D eigenvalue weighted by Gasteiger charge is 2.12. The van der Waals surface area contributed by atoms with Gasteiger partial charge in [-0.2, -0.15) is 0 Å². The van der Waals surface area contributed by atoms with Gasteiger partial charge in [0.25, 0.3) is 5.56 Å². The molecule has 5 heteroatoms. The quantitative estimate of drug-likeness (QED) is 0.782. The molecular weight excluding hydrogens is 290 g/mol. The van der Waals surface area contributed by atoms with Crippen LogP contribution in [-0.2, 0) is 13.2 Å². The van der Waals surface area contributed by atoms with E-state index in [0.29, 0.717) is 6.54 Å². The number of fused-ring (bicyclic) bond motifs is 1. The number of pyridine rings is 2. The van der Waals surface area contributed by atoms with Gasteiger partial charge in [-0.25, -0.2) is 0 Å². The number of likely N-dealkylation sites (N-methyl/N-ethyl adjacent to an activating group) is 1. The maximum Gasteiger partial charge on any atom is 0.251 e. The SMILES string of the molecule is CN(C)CCn1ccc(-c2c(CO)cc3ccccn23)cc1=O. The summed E-state index contributed by atoms with van der Waals surface area (Å²) in [5.74, 6) is 0. The number of aliphatic hydroxyl groups is 1. The van der Waals surface area contributed by atoms with E-state index in [9.17, 15) is 9.90 Å². The zero-order valence-corrected chi connectivity index (χ0v) is 13.4. The predicted octanol–water partition coefficient (Wildman–Crippen LogP) is 1.82. The summed E-state index contributed by atoms with van der Waals surface area (Å²) in [5.41, 5.74) is 3.50. The highest BCUT2D eigenvalue weighted by molar-refractivity contribution is 5.71. The van der Waals surface area contributed by atoms with Gasteiger partial charge in [0.15, 0.2) is 0 Å². The molecule has 5 nitrogen and oxygen atoms in total. The fourth-order valence-electron chi connectivity index (χ4n) is 2.77. The van der Waals surface area contributed by atoms with Gasteiger partial charge in [0.05, 0.1) is 12.3 Å². The zero-order chi connectivity index (χ0) is 16.4. The first-order valence-corrected chi connectivity index (χ1v) is 7.65. The van der Waals surface area contributed by atoms with E-state index in [1.165, 1.54) is 0 Å². The van der Waals surface area contributed by atoms with Crippen molar-refractivity contribution in [3.8, 4) is 11.3 Å². The van der Waals surface area contributed by atoms with E-state index >= 15 is 0 Å². The molecule has 0 bridgehead atoms. The fourth-order valence-corrected chi connectivity index (χ4v) is 2.77. The maximum absolute atomic E-state index is 12.4. The van der Waals surface area contributed by atoms with Crippen LogP contribution in [0.5, 0.6) is 0 Å². The average molecular weight is 311 g/mol. The number of rotatable bonds is 5. The van der Waals surface area contributed by atoms with Crippen molar-refractivity contribution in [1.82, 2.24) is 13.9 Å². The summed E-state index contributed by atoms with van der Waals surface area (Å²) >= 11 is 0. The lowest BCUT2D eigenvalue weighted by Crippen LogP contribution is -2.25. The molecule has 3 aromatic heterocycles. The van der Waals surface area contributed by atoms with Crippen LogP contribution < -0.4 is 5.56 Å². The van der Waals surface area contributed by atoms with E-state index in [-0.39, 0.29) is 12.2 Å². The Morgan fingerprint density at radius 2 is 1.96 bits per heavy atom. The lowest BCUT2D eigenvalue weighted by atomic mass is 10.1. The van der Waals surface area contributed by atoms with Crippen molar-refractivity contribution in [2.45, 2.75) is 13.2 Å². The highest BCUT2D eigenvalue weighted by Crippen LogP contribution is 2.26. The Hall–Kier alpha value is -2.37. The molecule has 0 unspecified atom stereocenters. The Morgan fingerprint density at radius 1 is 1.13 bits per heavy atom. The Balaban J connectivity index is 2.05. The zero-order valence-electron chi connectivity index (χ0n) is 13.4. The van der Waals surface area contributed by atoms with Crippen LogP contribution in [0.4, 0.5) is 0 Å². The molecule has 0 radical (unpaired) electrons. The second kappa shape index (κ2) is 6.40. The Kier molecular flexibility index (Phi) is 4.32. The summed E-state index contributed by atoms with van der Waals surface area (Å²) < 4.78 is 3.71. The fraction of sp³-hybridized carbons (Fsp3) is 0.278. The third-order valence-corrected chi connectivity index (χ3v) is 3.99. The molecule has 0 aliphatic carbocycles. The Labute approximate surface area is 135 Å². The number of aromatic nitrogens is 2. The molecule has 3 rings (SSSR count). The minimum absolute atomic E-state index is 0.0286. The molecule has 0 atom stereocenters. The molecule has 0 spiro atoms. The van der Waals surface area contributed by atoms with E-state index in [1.54, 1.807) is 10.6 Å². The van der Waals surface area contributed by atoms with Gasteiger partial charge in [-0.3, -0.25) is 4.79 Å². The normalized spacial score (nSPS) is 11.5. The van der Waals surface area contributed by atoms with Crippen molar-refractivity contribution < 1.29 is 5.11 Å². The van der Waals surface area contributed by atoms with Crippen LogP contribution in [0.2, 0.25) is 0 Å². The summed E-state index contributed by atoms with van der Waals surface area (Å²) in [6.07, 6.45) is 3.77. The van der Waals surface area contributed by atoms with Crippen LogP contribution in [-0.4, -0.2) is 39.6 Å². The standard InChI is InChI=1S/C18H21N3O2/c1-19(2)9-10-20-8-6-14(12-17(20)23)18-15(13-22)11-16-5-3-4-7-21(16)18/h3-8,11-12,22H,9-10,13H2,1-2H3. The minimum Gasteiger partial charge on any atom is -0.392 e. The maximum atomic E-state index is 12.4. The molecule has 0 amide bonds. The van der Waals surface area contributed by atoms with Gasteiger partial charge in [-0.1, -0.05) is 6.07 Å². The first-order valence-electron chi connectivity index (χ1n) is 7.65. The molecular formula is C18H21N3O2.